The molecule has 3 unspecified atom stereocenters. The molecule has 0 bridgehead atoms. The van der Waals surface area contributed by atoms with Gasteiger partial charge >= 0.3 is 5.97 Å². The highest BCUT2D eigenvalue weighted by Crippen LogP contribution is 2.20. The number of hydrogen-bond acceptors (Lipinski definition) is 7. The average Bonchev–Trinajstić information content (AvgIpc) is 3.14. The van der Waals surface area contributed by atoms with Gasteiger partial charge in [-0.15, -0.1) is 0 Å². The SMILES string of the molecule is O=C(CC1CC=CCCCCC(=O)OCC(C(=O)Nc2ccc3ccccc3c2)NC1=O)NC(CO)Cc1ccc(OCc2ccccc2)cc1. The predicted molar refractivity (Wildman–Crippen MR) is 196 cm³/mol. The van der Waals surface area contributed by atoms with E-state index in [1.54, 1.807) is 6.07 Å². The third-order valence-electron chi connectivity index (χ3n) is 8.69. The van der Waals surface area contributed by atoms with Crippen LogP contribution in [0.4, 0.5) is 5.69 Å². The number of fused-ring (bicyclic) bond motifs is 1. The van der Waals surface area contributed by atoms with Crippen LogP contribution in [0.25, 0.3) is 10.8 Å². The lowest BCUT2D eigenvalue weighted by Crippen LogP contribution is -2.50. The molecule has 0 saturated heterocycles. The van der Waals surface area contributed by atoms with E-state index in [-0.39, 0.29) is 32.5 Å². The van der Waals surface area contributed by atoms with Crippen molar-refractivity contribution in [3.8, 4) is 5.75 Å². The molecule has 4 N–H and O–H groups in total. The number of anilines is 1. The summed E-state index contributed by atoms with van der Waals surface area (Å²) in [7, 11) is 0. The minimum absolute atomic E-state index is 0.169. The zero-order valence-electron chi connectivity index (χ0n) is 28.6. The van der Waals surface area contributed by atoms with E-state index in [0.29, 0.717) is 37.3 Å². The molecule has 5 rings (SSSR count). The van der Waals surface area contributed by atoms with Crippen LogP contribution in [-0.4, -0.2) is 54.1 Å². The molecule has 51 heavy (non-hydrogen) atoms. The first-order valence-corrected chi connectivity index (χ1v) is 17.4. The summed E-state index contributed by atoms with van der Waals surface area (Å²) >= 11 is 0. The van der Waals surface area contributed by atoms with Gasteiger partial charge < -0.3 is 30.5 Å². The second-order valence-corrected chi connectivity index (χ2v) is 12.7. The second kappa shape index (κ2) is 19.1. The summed E-state index contributed by atoms with van der Waals surface area (Å²) in [5, 5.41) is 20.5. The number of carbonyl (C=O) groups excluding carboxylic acids is 4. The molecule has 10 nitrogen and oxygen atoms in total. The minimum Gasteiger partial charge on any atom is -0.489 e. The first kappa shape index (κ1) is 36.8. The molecular formula is C41H45N3O7. The van der Waals surface area contributed by atoms with Crippen molar-refractivity contribution < 1.29 is 33.8 Å². The van der Waals surface area contributed by atoms with E-state index in [0.717, 1.165) is 28.3 Å². The molecule has 0 saturated carbocycles. The Morgan fingerprint density at radius 2 is 1.65 bits per heavy atom. The van der Waals surface area contributed by atoms with E-state index >= 15 is 0 Å². The lowest BCUT2D eigenvalue weighted by atomic mass is 9.97. The number of carbonyl (C=O) groups is 4. The number of nitrogens with one attached hydrogen (secondary N) is 3. The summed E-state index contributed by atoms with van der Waals surface area (Å²) in [6, 6.07) is 28.8. The lowest BCUT2D eigenvalue weighted by molar-refractivity contribution is -0.146. The topological polar surface area (TPSA) is 143 Å². The van der Waals surface area contributed by atoms with Crippen molar-refractivity contribution in [1.29, 1.82) is 0 Å². The van der Waals surface area contributed by atoms with Crippen molar-refractivity contribution in [1.82, 2.24) is 10.6 Å². The van der Waals surface area contributed by atoms with Crippen molar-refractivity contribution in [2.24, 2.45) is 5.92 Å². The Labute approximate surface area is 298 Å². The monoisotopic (exact) mass is 691 g/mol. The Hall–Kier alpha value is -5.48. The Morgan fingerprint density at radius 3 is 2.43 bits per heavy atom. The maximum absolute atomic E-state index is 13.7. The Balaban J connectivity index is 1.21. The quantitative estimate of drug-likeness (QED) is 0.118. The minimum atomic E-state index is -1.18. The van der Waals surface area contributed by atoms with Crippen molar-refractivity contribution >= 4 is 40.2 Å². The number of amides is 3. The van der Waals surface area contributed by atoms with Gasteiger partial charge in [-0.3, -0.25) is 19.2 Å². The highest BCUT2D eigenvalue weighted by atomic mass is 16.5. The molecule has 4 aromatic rings. The number of aliphatic hydroxyl groups excluding tert-OH is 1. The summed E-state index contributed by atoms with van der Waals surface area (Å²) in [6.07, 6.45) is 6.58. The highest BCUT2D eigenvalue weighted by molar-refractivity contribution is 5.99. The molecule has 1 aliphatic heterocycles. The van der Waals surface area contributed by atoms with Gasteiger partial charge in [-0.1, -0.05) is 84.9 Å². The van der Waals surface area contributed by atoms with Gasteiger partial charge in [0.25, 0.3) is 5.91 Å². The summed E-state index contributed by atoms with van der Waals surface area (Å²) in [4.78, 5) is 52.8. The van der Waals surface area contributed by atoms with Gasteiger partial charge in [-0.25, -0.2) is 0 Å². The van der Waals surface area contributed by atoms with E-state index in [9.17, 15) is 24.3 Å². The van der Waals surface area contributed by atoms with Crippen LogP contribution in [0.5, 0.6) is 5.75 Å². The molecule has 0 radical (unpaired) electrons. The molecule has 3 amide bonds. The normalized spacial score (nSPS) is 17.7. The van der Waals surface area contributed by atoms with E-state index in [1.807, 2.05) is 103 Å². The molecule has 10 heteroatoms. The third-order valence-corrected chi connectivity index (χ3v) is 8.69. The van der Waals surface area contributed by atoms with E-state index in [1.165, 1.54) is 0 Å². The molecule has 266 valence electrons. The molecule has 0 aliphatic carbocycles. The Morgan fingerprint density at radius 1 is 0.882 bits per heavy atom. The van der Waals surface area contributed by atoms with E-state index < -0.39 is 41.7 Å². The predicted octanol–water partition coefficient (Wildman–Crippen LogP) is 5.63. The molecule has 1 heterocycles. The largest absolute Gasteiger partial charge is 0.489 e. The Kier molecular flexibility index (Phi) is 13.7. The number of cyclic esters (lactones) is 1. The van der Waals surface area contributed by atoms with Crippen LogP contribution in [0.15, 0.2) is 109 Å². The summed E-state index contributed by atoms with van der Waals surface area (Å²) in [6.45, 7) is -0.195. The van der Waals surface area contributed by atoms with E-state index in [4.69, 9.17) is 9.47 Å². The van der Waals surface area contributed by atoms with E-state index in [2.05, 4.69) is 16.0 Å². The molecule has 3 atom stereocenters. The highest BCUT2D eigenvalue weighted by Gasteiger charge is 2.29. The van der Waals surface area contributed by atoms with Gasteiger partial charge in [0.2, 0.25) is 11.8 Å². The van der Waals surface area contributed by atoms with Crippen LogP contribution >= 0.6 is 0 Å². The van der Waals surface area contributed by atoms with Crippen molar-refractivity contribution in [3.63, 3.8) is 0 Å². The Bertz CT molecular complexity index is 1790. The lowest BCUT2D eigenvalue weighted by Gasteiger charge is -2.23. The summed E-state index contributed by atoms with van der Waals surface area (Å²) in [5.41, 5.74) is 2.49. The first-order valence-electron chi connectivity index (χ1n) is 17.4. The number of allylic oxidation sites excluding steroid dienone is 2. The third kappa shape index (κ3) is 11.8. The van der Waals surface area contributed by atoms with Crippen molar-refractivity contribution in [2.45, 2.75) is 63.6 Å². The zero-order chi connectivity index (χ0) is 35.8. The number of hydrogen-bond donors (Lipinski definition) is 4. The fraction of sp³-hybridized carbons (Fsp3) is 0.317. The van der Waals surface area contributed by atoms with Crippen molar-refractivity contribution in [2.75, 3.05) is 18.5 Å². The molecule has 1 aliphatic rings. The zero-order valence-corrected chi connectivity index (χ0v) is 28.6. The second-order valence-electron chi connectivity index (χ2n) is 12.7. The number of aliphatic hydroxyl groups is 1. The van der Waals surface area contributed by atoms with Crippen LogP contribution in [0.1, 0.15) is 49.7 Å². The molecular weight excluding hydrogens is 646 g/mol. The number of rotatable bonds is 11. The maximum Gasteiger partial charge on any atom is 0.305 e. The summed E-state index contributed by atoms with van der Waals surface area (Å²) in [5.74, 6) is -2.03. The molecule has 4 aromatic carbocycles. The van der Waals surface area contributed by atoms with Gasteiger partial charge in [0.1, 0.15) is 25.0 Å². The van der Waals surface area contributed by atoms with Crippen LogP contribution in [0.2, 0.25) is 0 Å². The maximum atomic E-state index is 13.7. The van der Waals surface area contributed by atoms with Gasteiger partial charge in [0, 0.05) is 18.5 Å². The first-order chi connectivity index (χ1) is 24.9. The van der Waals surface area contributed by atoms with Crippen molar-refractivity contribution in [3.05, 3.63) is 120 Å². The van der Waals surface area contributed by atoms with Crippen LogP contribution in [0, 0.1) is 5.92 Å². The van der Waals surface area contributed by atoms with Crippen LogP contribution in [0.3, 0.4) is 0 Å². The number of ether oxygens (including phenoxy) is 2. The average molecular weight is 692 g/mol. The van der Waals surface area contributed by atoms with Gasteiger partial charge in [0.05, 0.1) is 18.6 Å². The molecule has 0 spiro atoms. The van der Waals surface area contributed by atoms with Crippen LogP contribution < -0.4 is 20.7 Å². The number of esters is 1. The fourth-order valence-corrected chi connectivity index (χ4v) is 5.83. The van der Waals surface area contributed by atoms with Crippen LogP contribution in [-0.2, 0) is 36.9 Å². The van der Waals surface area contributed by atoms with Gasteiger partial charge in [-0.2, -0.15) is 0 Å². The van der Waals surface area contributed by atoms with Gasteiger partial charge in [-0.05, 0) is 78.3 Å². The standard InChI is InChI=1S/C41H45N3O7/c45-26-35(23-29-17-21-36(22-18-29)50-27-30-11-5-4-6-12-30)42-38(46)25-33-15-7-2-1-3-8-16-39(47)51-28-37(44-40(33)48)41(49)43-34-20-19-31-13-9-10-14-32(31)24-34/h2,4-7,9-14,17-22,24,33,35,37,45H,1,3,8,15-16,23,25-28H2,(H,42,46)(H,43,49)(H,44,48). The number of benzene rings is 4. The molecule has 0 aromatic heterocycles. The van der Waals surface area contributed by atoms with Gasteiger partial charge in [0.15, 0.2) is 0 Å². The smallest absolute Gasteiger partial charge is 0.305 e. The fourth-order valence-electron chi connectivity index (χ4n) is 5.83. The summed E-state index contributed by atoms with van der Waals surface area (Å²) < 4.78 is 11.3. The molecule has 0 fully saturated rings.